The van der Waals surface area contributed by atoms with Gasteiger partial charge in [-0.2, -0.15) is 4.98 Å². The highest BCUT2D eigenvalue weighted by molar-refractivity contribution is 5.81. The van der Waals surface area contributed by atoms with Gasteiger partial charge in [-0.25, -0.2) is 0 Å². The third kappa shape index (κ3) is 4.56. The van der Waals surface area contributed by atoms with E-state index in [1.807, 2.05) is 44.2 Å². The quantitative estimate of drug-likeness (QED) is 0.427. The third-order valence-corrected chi connectivity index (χ3v) is 6.64. The fourth-order valence-electron chi connectivity index (χ4n) is 5.21. The Morgan fingerprint density at radius 3 is 2.81 bits per heavy atom. The number of rotatable bonds is 10. The van der Waals surface area contributed by atoms with Gasteiger partial charge in [0.2, 0.25) is 11.7 Å². The molecule has 0 saturated carbocycles. The van der Waals surface area contributed by atoms with E-state index in [2.05, 4.69) is 11.2 Å². The summed E-state index contributed by atoms with van der Waals surface area (Å²) in [5.74, 6) is 2.41. The van der Waals surface area contributed by atoms with Crippen molar-refractivity contribution in [3.05, 3.63) is 47.5 Å². The zero-order valence-electron chi connectivity index (χ0n) is 20.8. The summed E-state index contributed by atoms with van der Waals surface area (Å²) in [5, 5.41) is 13.7. The maximum atomic E-state index is 12.4. The van der Waals surface area contributed by atoms with E-state index in [0.29, 0.717) is 49.4 Å². The van der Waals surface area contributed by atoms with Gasteiger partial charge in [-0.1, -0.05) is 23.4 Å². The van der Waals surface area contributed by atoms with Crippen LogP contribution in [0.2, 0.25) is 0 Å². The van der Waals surface area contributed by atoms with Crippen LogP contribution in [0.4, 0.5) is 0 Å². The number of hydrogen-bond donors (Lipinski definition) is 1. The molecule has 0 bridgehead atoms. The van der Waals surface area contributed by atoms with Gasteiger partial charge < -0.3 is 28.7 Å². The number of aromatic nitrogens is 2. The van der Waals surface area contributed by atoms with Crippen molar-refractivity contribution in [1.82, 2.24) is 15.0 Å². The standard InChI is InChI=1S/C27H31N3O6/c1-16(2)35-22-8-7-17(14-23(22)34-12-11-33-3)27-28-26(29-36-27)20-6-4-5-19-21(20)13-18-15-24(32)30(9-10-31)25(18)19/h4-8,14,16,18,25,31H,9-13,15H2,1-3H3/t18-,25+/m0/s1. The summed E-state index contributed by atoms with van der Waals surface area (Å²) in [6.45, 7) is 5.07. The number of aliphatic hydroxyl groups is 1. The first-order valence-electron chi connectivity index (χ1n) is 12.3. The average molecular weight is 494 g/mol. The molecule has 9 nitrogen and oxygen atoms in total. The fraction of sp³-hybridized carbons (Fsp3) is 0.444. The Kier molecular flexibility index (Phi) is 6.93. The highest BCUT2D eigenvalue weighted by atomic mass is 16.5. The van der Waals surface area contributed by atoms with Gasteiger partial charge in [0.05, 0.1) is 25.4 Å². The largest absolute Gasteiger partial charge is 0.487 e. The molecule has 0 unspecified atom stereocenters. The van der Waals surface area contributed by atoms with Crippen LogP contribution in [-0.2, 0) is 16.0 Å². The Morgan fingerprint density at radius 2 is 2.03 bits per heavy atom. The third-order valence-electron chi connectivity index (χ3n) is 6.64. The predicted octanol–water partition coefficient (Wildman–Crippen LogP) is 3.65. The molecule has 1 saturated heterocycles. The molecule has 1 amide bonds. The normalized spacial score (nSPS) is 18.6. The zero-order valence-corrected chi connectivity index (χ0v) is 20.8. The zero-order chi connectivity index (χ0) is 25.2. The van der Waals surface area contributed by atoms with Gasteiger partial charge in [-0.15, -0.1) is 0 Å². The van der Waals surface area contributed by atoms with Crippen molar-refractivity contribution < 1.29 is 28.6 Å². The maximum Gasteiger partial charge on any atom is 0.258 e. The van der Waals surface area contributed by atoms with E-state index in [0.717, 1.165) is 28.7 Å². The van der Waals surface area contributed by atoms with Crippen LogP contribution in [0.25, 0.3) is 22.8 Å². The molecule has 9 heteroatoms. The van der Waals surface area contributed by atoms with Gasteiger partial charge in [0.1, 0.15) is 6.61 Å². The Morgan fingerprint density at radius 1 is 1.17 bits per heavy atom. The summed E-state index contributed by atoms with van der Waals surface area (Å²) in [7, 11) is 1.63. The molecule has 1 aromatic heterocycles. The lowest BCUT2D eigenvalue weighted by molar-refractivity contribution is -0.129. The summed E-state index contributed by atoms with van der Waals surface area (Å²) >= 11 is 0. The highest BCUT2D eigenvalue weighted by Crippen LogP contribution is 2.49. The molecule has 0 spiro atoms. The molecule has 2 atom stereocenters. The number of ether oxygens (including phenoxy) is 3. The molecule has 190 valence electrons. The number of nitrogens with zero attached hydrogens (tertiary/aromatic N) is 3. The van der Waals surface area contributed by atoms with Crippen molar-refractivity contribution in [2.24, 2.45) is 5.92 Å². The number of aliphatic hydroxyl groups excluding tert-OH is 1. The molecular formula is C27H31N3O6. The lowest BCUT2D eigenvalue weighted by Crippen LogP contribution is -2.30. The number of carbonyl (C=O) groups is 1. The number of carbonyl (C=O) groups excluding carboxylic acids is 1. The van der Waals surface area contributed by atoms with Crippen LogP contribution in [0.15, 0.2) is 40.9 Å². The number of likely N-dealkylation sites (tertiary alicyclic amines) is 1. The molecule has 36 heavy (non-hydrogen) atoms. The average Bonchev–Trinajstić information content (AvgIpc) is 3.55. The summed E-state index contributed by atoms with van der Waals surface area (Å²) in [4.78, 5) is 18.9. The number of fused-ring (bicyclic) bond motifs is 3. The van der Waals surface area contributed by atoms with E-state index in [-0.39, 0.29) is 30.6 Å². The van der Waals surface area contributed by atoms with Crippen LogP contribution in [0.3, 0.4) is 0 Å². The number of benzene rings is 2. The molecule has 1 aliphatic heterocycles. The number of methoxy groups -OCH3 is 1. The highest BCUT2D eigenvalue weighted by Gasteiger charge is 2.46. The van der Waals surface area contributed by atoms with Gasteiger partial charge in [0, 0.05) is 31.2 Å². The van der Waals surface area contributed by atoms with Gasteiger partial charge in [-0.05, 0) is 55.5 Å². The van der Waals surface area contributed by atoms with Crippen molar-refractivity contribution in [3.8, 4) is 34.3 Å². The van der Waals surface area contributed by atoms with Crippen molar-refractivity contribution in [2.45, 2.75) is 38.8 Å². The fourth-order valence-corrected chi connectivity index (χ4v) is 5.21. The second-order valence-electron chi connectivity index (χ2n) is 9.39. The summed E-state index contributed by atoms with van der Waals surface area (Å²) < 4.78 is 22.5. The SMILES string of the molecule is COCCOc1cc(-c2nc(-c3cccc4c3C[C@H]3CC(=O)N(CCO)[C@@H]43)no2)ccc1OC(C)C. The Labute approximate surface area is 210 Å². The molecule has 5 rings (SSSR count). The first-order valence-corrected chi connectivity index (χ1v) is 12.3. The molecular weight excluding hydrogens is 462 g/mol. The topological polar surface area (TPSA) is 107 Å². The first-order chi connectivity index (χ1) is 17.5. The number of amides is 1. The second-order valence-corrected chi connectivity index (χ2v) is 9.39. The summed E-state index contributed by atoms with van der Waals surface area (Å²) in [6.07, 6.45) is 1.26. The van der Waals surface area contributed by atoms with Crippen LogP contribution in [-0.4, -0.2) is 65.6 Å². The minimum atomic E-state index is -0.0453. The van der Waals surface area contributed by atoms with E-state index in [9.17, 15) is 9.90 Å². The van der Waals surface area contributed by atoms with Crippen LogP contribution in [0.1, 0.15) is 37.4 Å². The Hall–Kier alpha value is -3.43. The monoisotopic (exact) mass is 493 g/mol. The Bertz CT molecular complexity index is 1240. The molecule has 0 radical (unpaired) electrons. The van der Waals surface area contributed by atoms with E-state index in [1.54, 1.807) is 12.0 Å². The van der Waals surface area contributed by atoms with Crippen LogP contribution < -0.4 is 9.47 Å². The molecule has 1 N–H and O–H groups in total. The van der Waals surface area contributed by atoms with Crippen LogP contribution in [0, 0.1) is 5.92 Å². The number of β-amino-alcohol motifs (C(OH)–C–C–N with tert-alkyl or cyclic N) is 1. The minimum Gasteiger partial charge on any atom is -0.487 e. The molecule has 2 heterocycles. The number of hydrogen-bond acceptors (Lipinski definition) is 8. The smallest absolute Gasteiger partial charge is 0.258 e. The second kappa shape index (κ2) is 10.3. The van der Waals surface area contributed by atoms with E-state index in [4.69, 9.17) is 23.7 Å². The van der Waals surface area contributed by atoms with Gasteiger partial charge in [-0.3, -0.25) is 4.79 Å². The van der Waals surface area contributed by atoms with Crippen molar-refractivity contribution in [1.29, 1.82) is 0 Å². The molecule has 2 aromatic carbocycles. The van der Waals surface area contributed by atoms with Gasteiger partial charge in [0.25, 0.3) is 5.89 Å². The molecule has 1 aliphatic carbocycles. The van der Waals surface area contributed by atoms with Gasteiger partial charge >= 0.3 is 0 Å². The molecule has 3 aromatic rings. The molecule has 2 aliphatic rings. The minimum absolute atomic E-state index is 0.00102. The van der Waals surface area contributed by atoms with E-state index in [1.165, 1.54) is 0 Å². The van der Waals surface area contributed by atoms with Crippen LogP contribution in [0.5, 0.6) is 11.5 Å². The Balaban J connectivity index is 1.44. The summed E-state index contributed by atoms with van der Waals surface area (Å²) in [5.41, 5.74) is 3.87. The van der Waals surface area contributed by atoms with Gasteiger partial charge in [0.15, 0.2) is 11.5 Å². The van der Waals surface area contributed by atoms with E-state index >= 15 is 0 Å². The van der Waals surface area contributed by atoms with Crippen molar-refractivity contribution in [3.63, 3.8) is 0 Å². The van der Waals surface area contributed by atoms with Crippen molar-refractivity contribution in [2.75, 3.05) is 33.5 Å². The van der Waals surface area contributed by atoms with E-state index < -0.39 is 0 Å². The predicted molar refractivity (Wildman–Crippen MR) is 132 cm³/mol. The maximum absolute atomic E-state index is 12.4. The van der Waals surface area contributed by atoms with Crippen molar-refractivity contribution >= 4 is 5.91 Å². The summed E-state index contributed by atoms with van der Waals surface area (Å²) in [6, 6.07) is 11.6. The lowest BCUT2D eigenvalue weighted by Gasteiger charge is -2.24. The van der Waals surface area contributed by atoms with Crippen LogP contribution >= 0.6 is 0 Å². The first kappa shape index (κ1) is 24.3. The lowest BCUT2D eigenvalue weighted by atomic mass is 10.0. The molecule has 1 fully saturated rings.